The molecule has 2 heterocycles. The lowest BCUT2D eigenvalue weighted by molar-refractivity contribution is -0.117. The molecule has 0 saturated heterocycles. The fourth-order valence-electron chi connectivity index (χ4n) is 2.19. The maximum absolute atomic E-state index is 12.6. The molecule has 1 atom stereocenters. The molecule has 7 heteroatoms. The Balaban J connectivity index is 1.61. The number of thiophene rings is 1. The molecule has 0 aliphatic carbocycles. The Morgan fingerprint density at radius 2 is 2.04 bits per heavy atom. The van der Waals surface area contributed by atoms with E-state index in [0.29, 0.717) is 11.0 Å². The Bertz CT molecular complexity index is 843. The average molecular weight is 371 g/mol. The highest BCUT2D eigenvalue weighted by atomic mass is 32.2. The molecule has 1 N–H and O–H groups in total. The van der Waals surface area contributed by atoms with E-state index in [0.717, 1.165) is 10.6 Å². The topological polar surface area (TPSA) is 61.9 Å². The maximum Gasteiger partial charge on any atom is 0.240 e. The number of hydrogen-bond acceptors (Lipinski definition) is 5. The van der Waals surface area contributed by atoms with Crippen LogP contribution in [-0.4, -0.2) is 33.4 Å². The molecule has 3 aromatic rings. The summed E-state index contributed by atoms with van der Waals surface area (Å²) < 4.78 is 0. The van der Waals surface area contributed by atoms with E-state index < -0.39 is 0 Å². The van der Waals surface area contributed by atoms with Crippen LogP contribution in [0.3, 0.4) is 0 Å². The number of para-hydroxylation sites is 1. The number of H-pyrrole nitrogens is 1. The summed E-state index contributed by atoms with van der Waals surface area (Å²) >= 11 is 3.00. The Morgan fingerprint density at radius 3 is 2.76 bits per heavy atom. The average Bonchev–Trinajstić information content (AvgIpc) is 3.31. The van der Waals surface area contributed by atoms with Gasteiger partial charge in [0.2, 0.25) is 11.1 Å². The first kappa shape index (κ1) is 17.4. The third kappa shape index (κ3) is 4.58. The van der Waals surface area contributed by atoms with Crippen LogP contribution in [0.25, 0.3) is 12.2 Å². The normalized spacial score (nSPS) is 12.4. The van der Waals surface area contributed by atoms with Crippen molar-refractivity contribution in [3.8, 4) is 0 Å². The number of nitrogens with one attached hydrogen (secondary N) is 1. The molecule has 1 aromatic carbocycles. The van der Waals surface area contributed by atoms with Crippen molar-refractivity contribution in [3.63, 3.8) is 0 Å². The van der Waals surface area contributed by atoms with Crippen LogP contribution in [0.4, 0.5) is 5.69 Å². The first-order valence-electron chi connectivity index (χ1n) is 7.77. The van der Waals surface area contributed by atoms with Crippen LogP contribution in [0.2, 0.25) is 0 Å². The molecule has 0 radical (unpaired) electrons. The Morgan fingerprint density at radius 1 is 1.24 bits per heavy atom. The molecule has 0 bridgehead atoms. The molecule has 25 heavy (non-hydrogen) atoms. The molecule has 0 spiro atoms. The fraction of sp³-hybridized carbons (Fsp3) is 0.167. The van der Waals surface area contributed by atoms with E-state index in [2.05, 4.69) is 15.2 Å². The van der Waals surface area contributed by atoms with Crippen molar-refractivity contribution in [2.75, 3.05) is 11.9 Å². The number of rotatable bonds is 6. The van der Waals surface area contributed by atoms with E-state index >= 15 is 0 Å². The van der Waals surface area contributed by atoms with Crippen molar-refractivity contribution in [2.24, 2.45) is 0 Å². The van der Waals surface area contributed by atoms with Gasteiger partial charge >= 0.3 is 0 Å². The fourth-order valence-corrected chi connectivity index (χ4v) is 3.64. The number of carbonyl (C=O) groups excluding carboxylic acids is 1. The van der Waals surface area contributed by atoms with E-state index in [1.807, 2.05) is 66.9 Å². The van der Waals surface area contributed by atoms with Crippen LogP contribution in [0.1, 0.15) is 17.6 Å². The van der Waals surface area contributed by atoms with Crippen LogP contribution < -0.4 is 4.90 Å². The molecule has 1 unspecified atom stereocenters. The molecule has 1 amide bonds. The first-order valence-corrected chi connectivity index (χ1v) is 9.52. The lowest BCUT2D eigenvalue weighted by atomic mass is 10.3. The number of anilines is 1. The Kier molecular flexibility index (Phi) is 5.67. The molecular weight excluding hydrogens is 352 g/mol. The summed E-state index contributed by atoms with van der Waals surface area (Å²) in [6.45, 7) is 1.87. The van der Waals surface area contributed by atoms with Gasteiger partial charge in [-0.25, -0.2) is 4.98 Å². The molecule has 0 aliphatic rings. The van der Waals surface area contributed by atoms with Gasteiger partial charge in [-0.05, 0) is 42.7 Å². The van der Waals surface area contributed by atoms with Gasteiger partial charge in [-0.3, -0.25) is 9.89 Å². The van der Waals surface area contributed by atoms with Gasteiger partial charge in [0.25, 0.3) is 0 Å². The van der Waals surface area contributed by atoms with E-state index in [4.69, 9.17) is 0 Å². The lowest BCUT2D eigenvalue weighted by Gasteiger charge is -2.20. The number of carbonyl (C=O) groups is 1. The summed E-state index contributed by atoms with van der Waals surface area (Å²) in [6.07, 6.45) is 3.86. The first-order chi connectivity index (χ1) is 12.1. The highest BCUT2D eigenvalue weighted by molar-refractivity contribution is 8.00. The van der Waals surface area contributed by atoms with E-state index in [-0.39, 0.29) is 11.2 Å². The van der Waals surface area contributed by atoms with E-state index in [1.54, 1.807) is 23.3 Å². The minimum atomic E-state index is -0.282. The van der Waals surface area contributed by atoms with Gasteiger partial charge in [0.15, 0.2) is 0 Å². The third-order valence-electron chi connectivity index (χ3n) is 3.53. The minimum Gasteiger partial charge on any atom is -0.315 e. The van der Waals surface area contributed by atoms with Gasteiger partial charge < -0.3 is 4.90 Å². The van der Waals surface area contributed by atoms with Gasteiger partial charge in [-0.15, -0.1) is 16.4 Å². The molecule has 0 aliphatic heterocycles. The van der Waals surface area contributed by atoms with Gasteiger partial charge in [0.05, 0.1) is 5.25 Å². The molecule has 3 rings (SSSR count). The number of hydrogen-bond donors (Lipinski definition) is 1. The SMILES string of the molecule is CC(Sc1n[nH]c(/C=C/c2cccs2)n1)C(=O)N(C)c1ccccc1. The van der Waals surface area contributed by atoms with Crippen molar-refractivity contribution in [1.82, 2.24) is 15.2 Å². The van der Waals surface area contributed by atoms with Crippen molar-refractivity contribution < 1.29 is 4.79 Å². The summed E-state index contributed by atoms with van der Waals surface area (Å²) in [5.41, 5.74) is 0.870. The maximum atomic E-state index is 12.6. The smallest absolute Gasteiger partial charge is 0.240 e. The molecular formula is C18H18N4OS2. The predicted molar refractivity (Wildman–Crippen MR) is 105 cm³/mol. The molecule has 5 nitrogen and oxygen atoms in total. The summed E-state index contributed by atoms with van der Waals surface area (Å²) in [5, 5.41) is 9.37. The number of benzene rings is 1. The van der Waals surface area contributed by atoms with Crippen LogP contribution in [0.5, 0.6) is 0 Å². The summed E-state index contributed by atoms with van der Waals surface area (Å²) in [4.78, 5) is 19.8. The van der Waals surface area contributed by atoms with Gasteiger partial charge in [0, 0.05) is 17.6 Å². The lowest BCUT2D eigenvalue weighted by Crippen LogP contribution is -2.33. The van der Waals surface area contributed by atoms with Crippen LogP contribution >= 0.6 is 23.1 Å². The largest absolute Gasteiger partial charge is 0.315 e. The molecule has 0 saturated carbocycles. The molecule has 2 aromatic heterocycles. The quantitative estimate of drug-likeness (QED) is 0.661. The molecule has 0 fully saturated rings. The van der Waals surface area contributed by atoms with Crippen molar-refractivity contribution in [1.29, 1.82) is 0 Å². The standard InChI is InChI=1S/C18H18N4OS2/c1-13(17(23)22(2)14-7-4-3-5-8-14)25-18-19-16(20-21-18)11-10-15-9-6-12-24-15/h3-13H,1-2H3,(H,19,20,21)/b11-10+. The number of nitrogens with zero attached hydrogens (tertiary/aromatic N) is 3. The van der Waals surface area contributed by atoms with E-state index in [9.17, 15) is 4.79 Å². The zero-order chi connectivity index (χ0) is 17.6. The second-order valence-electron chi connectivity index (χ2n) is 5.34. The summed E-state index contributed by atoms with van der Waals surface area (Å²) in [7, 11) is 1.78. The zero-order valence-electron chi connectivity index (χ0n) is 13.9. The van der Waals surface area contributed by atoms with Gasteiger partial charge in [0.1, 0.15) is 5.82 Å². The van der Waals surface area contributed by atoms with Gasteiger partial charge in [-0.2, -0.15) is 0 Å². The molecule has 128 valence electrons. The zero-order valence-corrected chi connectivity index (χ0v) is 15.6. The monoisotopic (exact) mass is 370 g/mol. The van der Waals surface area contributed by atoms with Crippen LogP contribution in [-0.2, 0) is 4.79 Å². The highest BCUT2D eigenvalue weighted by Crippen LogP contribution is 2.23. The Labute approximate surface area is 154 Å². The second kappa shape index (κ2) is 8.13. The van der Waals surface area contributed by atoms with E-state index in [1.165, 1.54) is 11.8 Å². The summed E-state index contributed by atoms with van der Waals surface area (Å²) in [5.74, 6) is 0.684. The second-order valence-corrected chi connectivity index (χ2v) is 7.63. The number of thioether (sulfide) groups is 1. The van der Waals surface area contributed by atoms with Gasteiger partial charge in [-0.1, -0.05) is 36.0 Å². The predicted octanol–water partition coefficient (Wildman–Crippen LogP) is 4.18. The number of aromatic nitrogens is 3. The minimum absolute atomic E-state index is 0.0108. The van der Waals surface area contributed by atoms with Crippen LogP contribution in [0, 0.1) is 0 Å². The van der Waals surface area contributed by atoms with Crippen molar-refractivity contribution in [3.05, 3.63) is 58.5 Å². The number of amides is 1. The third-order valence-corrected chi connectivity index (χ3v) is 5.32. The highest BCUT2D eigenvalue weighted by Gasteiger charge is 2.21. The number of aromatic amines is 1. The summed E-state index contributed by atoms with van der Waals surface area (Å²) in [6, 6.07) is 13.6. The van der Waals surface area contributed by atoms with Crippen molar-refractivity contribution >= 4 is 46.8 Å². The van der Waals surface area contributed by atoms with Crippen LogP contribution in [0.15, 0.2) is 53.0 Å². The Hall–Kier alpha value is -2.38. The van der Waals surface area contributed by atoms with Crippen molar-refractivity contribution in [2.45, 2.75) is 17.3 Å².